The van der Waals surface area contributed by atoms with Gasteiger partial charge in [-0.3, -0.25) is 0 Å². The van der Waals surface area contributed by atoms with Crippen molar-refractivity contribution in [1.82, 2.24) is 0 Å². The Morgan fingerprint density at radius 1 is 1.50 bits per heavy atom. The maximum absolute atomic E-state index is 8.90. The molecule has 74 valence electrons. The molecule has 0 atom stereocenters. The van der Waals surface area contributed by atoms with Crippen molar-refractivity contribution in [2.75, 3.05) is 7.11 Å². The first-order valence-electron chi connectivity index (χ1n) is 4.49. The lowest BCUT2D eigenvalue weighted by Gasteiger charge is -2.07. The van der Waals surface area contributed by atoms with Crippen molar-refractivity contribution >= 4 is 15.9 Å². The van der Waals surface area contributed by atoms with E-state index in [1.54, 1.807) is 7.11 Å². The van der Waals surface area contributed by atoms with Crippen LogP contribution >= 0.6 is 15.9 Å². The van der Waals surface area contributed by atoms with E-state index in [0.29, 0.717) is 5.56 Å². The largest absolute Gasteiger partial charge is 0.496 e. The number of rotatable bonds is 3. The molecule has 0 aromatic heterocycles. The van der Waals surface area contributed by atoms with Crippen LogP contribution in [0.1, 0.15) is 24.5 Å². The number of nitriles is 1. The molecule has 3 heteroatoms. The van der Waals surface area contributed by atoms with E-state index in [1.165, 1.54) is 0 Å². The summed E-state index contributed by atoms with van der Waals surface area (Å²) >= 11 is 3.34. The molecule has 14 heavy (non-hydrogen) atoms. The molecule has 0 amide bonds. The summed E-state index contributed by atoms with van der Waals surface area (Å²) in [6, 6.07) is 6.01. The van der Waals surface area contributed by atoms with Gasteiger partial charge < -0.3 is 4.74 Å². The van der Waals surface area contributed by atoms with Crippen LogP contribution in [0.25, 0.3) is 0 Å². The van der Waals surface area contributed by atoms with Gasteiger partial charge in [0.05, 0.1) is 17.1 Å². The Hall–Kier alpha value is -1.01. The van der Waals surface area contributed by atoms with E-state index in [2.05, 4.69) is 28.9 Å². The number of hydrogen-bond donors (Lipinski definition) is 0. The van der Waals surface area contributed by atoms with Crippen LogP contribution in [0, 0.1) is 11.3 Å². The second-order valence-corrected chi connectivity index (χ2v) is 3.81. The van der Waals surface area contributed by atoms with Crippen LogP contribution in [0.2, 0.25) is 0 Å². The fourth-order valence-electron chi connectivity index (χ4n) is 1.32. The van der Waals surface area contributed by atoms with Crippen LogP contribution in [0.4, 0.5) is 0 Å². The SMILES string of the molecule is CCCc1cc(C#N)c(Br)c(OC)c1. The maximum Gasteiger partial charge on any atom is 0.134 e. The zero-order chi connectivity index (χ0) is 10.6. The summed E-state index contributed by atoms with van der Waals surface area (Å²) in [6.07, 6.45) is 2.04. The number of benzene rings is 1. The molecule has 0 spiro atoms. The Morgan fingerprint density at radius 3 is 2.71 bits per heavy atom. The van der Waals surface area contributed by atoms with Gasteiger partial charge in [-0.25, -0.2) is 0 Å². The molecule has 0 bridgehead atoms. The van der Waals surface area contributed by atoms with Crippen LogP contribution < -0.4 is 4.74 Å². The number of aryl methyl sites for hydroxylation is 1. The number of methoxy groups -OCH3 is 1. The molecular formula is C11H12BrNO. The normalized spacial score (nSPS) is 9.57. The zero-order valence-electron chi connectivity index (χ0n) is 8.30. The van der Waals surface area contributed by atoms with E-state index in [1.807, 2.05) is 12.1 Å². The standard InChI is InChI=1S/C11H12BrNO/c1-3-4-8-5-9(7-13)11(12)10(6-8)14-2/h5-6H,3-4H2,1-2H3. The molecule has 0 aliphatic rings. The van der Waals surface area contributed by atoms with Gasteiger partial charge in [-0.15, -0.1) is 0 Å². The lowest BCUT2D eigenvalue weighted by molar-refractivity contribution is 0.411. The van der Waals surface area contributed by atoms with Gasteiger partial charge in [0.25, 0.3) is 0 Å². The summed E-state index contributed by atoms with van der Waals surface area (Å²) in [5.74, 6) is 0.729. The smallest absolute Gasteiger partial charge is 0.134 e. The van der Waals surface area contributed by atoms with Crippen molar-refractivity contribution in [2.45, 2.75) is 19.8 Å². The Labute approximate surface area is 92.6 Å². The highest BCUT2D eigenvalue weighted by atomic mass is 79.9. The zero-order valence-corrected chi connectivity index (χ0v) is 9.89. The van der Waals surface area contributed by atoms with Crippen LogP contribution in [0.3, 0.4) is 0 Å². The quantitative estimate of drug-likeness (QED) is 0.829. The molecule has 1 rings (SSSR count). The van der Waals surface area contributed by atoms with E-state index in [-0.39, 0.29) is 0 Å². The van der Waals surface area contributed by atoms with Crippen molar-refractivity contribution in [3.63, 3.8) is 0 Å². The van der Waals surface area contributed by atoms with Gasteiger partial charge >= 0.3 is 0 Å². The minimum atomic E-state index is 0.632. The van der Waals surface area contributed by atoms with Gasteiger partial charge in [0.2, 0.25) is 0 Å². The van der Waals surface area contributed by atoms with E-state index in [9.17, 15) is 0 Å². The van der Waals surface area contributed by atoms with Crippen molar-refractivity contribution in [3.8, 4) is 11.8 Å². The van der Waals surface area contributed by atoms with Crippen LogP contribution in [-0.2, 0) is 6.42 Å². The first-order chi connectivity index (χ1) is 6.72. The second-order valence-electron chi connectivity index (χ2n) is 3.02. The van der Waals surface area contributed by atoms with Crippen molar-refractivity contribution in [3.05, 3.63) is 27.7 Å². The molecule has 0 radical (unpaired) electrons. The van der Waals surface area contributed by atoms with Crippen molar-refractivity contribution in [1.29, 1.82) is 5.26 Å². The van der Waals surface area contributed by atoms with Gasteiger partial charge in [-0.2, -0.15) is 5.26 Å². The van der Waals surface area contributed by atoms with E-state index < -0.39 is 0 Å². The summed E-state index contributed by atoms with van der Waals surface area (Å²) < 4.78 is 5.91. The lowest BCUT2D eigenvalue weighted by Crippen LogP contribution is -1.92. The fraction of sp³-hybridized carbons (Fsp3) is 0.364. The molecule has 0 aliphatic carbocycles. The molecular weight excluding hydrogens is 242 g/mol. The summed E-state index contributed by atoms with van der Waals surface area (Å²) in [6.45, 7) is 2.11. The molecule has 0 aliphatic heterocycles. The number of halogens is 1. The van der Waals surface area contributed by atoms with Gasteiger partial charge in [-0.1, -0.05) is 13.3 Å². The van der Waals surface area contributed by atoms with Crippen molar-refractivity contribution < 1.29 is 4.74 Å². The topological polar surface area (TPSA) is 33.0 Å². The predicted molar refractivity (Wildman–Crippen MR) is 59.4 cm³/mol. The second kappa shape index (κ2) is 5.02. The third-order valence-corrected chi connectivity index (χ3v) is 2.80. The first-order valence-corrected chi connectivity index (χ1v) is 5.28. The number of nitrogens with zero attached hydrogens (tertiary/aromatic N) is 1. The average molecular weight is 254 g/mol. The highest BCUT2D eigenvalue weighted by molar-refractivity contribution is 9.10. The highest BCUT2D eigenvalue weighted by Gasteiger charge is 2.08. The summed E-state index contributed by atoms with van der Waals surface area (Å²) in [5, 5.41) is 8.90. The maximum atomic E-state index is 8.90. The minimum Gasteiger partial charge on any atom is -0.496 e. The molecule has 0 saturated heterocycles. The van der Waals surface area contributed by atoms with Crippen LogP contribution in [-0.4, -0.2) is 7.11 Å². The fourth-order valence-corrected chi connectivity index (χ4v) is 1.80. The summed E-state index contributed by atoms with van der Waals surface area (Å²) in [4.78, 5) is 0. The Morgan fingerprint density at radius 2 is 2.21 bits per heavy atom. The molecule has 1 aromatic rings. The predicted octanol–water partition coefficient (Wildman–Crippen LogP) is 3.28. The molecule has 0 N–H and O–H groups in total. The molecule has 2 nitrogen and oxygen atoms in total. The third-order valence-electron chi connectivity index (χ3n) is 1.98. The summed E-state index contributed by atoms with van der Waals surface area (Å²) in [7, 11) is 1.61. The van der Waals surface area contributed by atoms with Gasteiger partial charge in [0.1, 0.15) is 11.8 Å². The van der Waals surface area contributed by atoms with Crippen LogP contribution in [0.5, 0.6) is 5.75 Å². The van der Waals surface area contributed by atoms with E-state index >= 15 is 0 Å². The van der Waals surface area contributed by atoms with Gasteiger partial charge in [-0.05, 0) is 40.0 Å². The number of ether oxygens (including phenoxy) is 1. The summed E-state index contributed by atoms with van der Waals surface area (Å²) in [5.41, 5.74) is 1.77. The molecule has 1 aromatic carbocycles. The first kappa shape index (κ1) is 11.1. The Kier molecular flexibility index (Phi) is 3.97. The molecule has 0 saturated carbocycles. The van der Waals surface area contributed by atoms with Gasteiger partial charge in [0, 0.05) is 0 Å². The monoisotopic (exact) mass is 253 g/mol. The third kappa shape index (κ3) is 2.27. The van der Waals surface area contributed by atoms with Crippen LogP contribution in [0.15, 0.2) is 16.6 Å². The van der Waals surface area contributed by atoms with Gasteiger partial charge in [0.15, 0.2) is 0 Å². The lowest BCUT2D eigenvalue weighted by atomic mass is 10.1. The van der Waals surface area contributed by atoms with E-state index in [0.717, 1.165) is 28.6 Å². The highest BCUT2D eigenvalue weighted by Crippen LogP contribution is 2.30. The number of hydrogen-bond acceptors (Lipinski definition) is 2. The molecule has 0 fully saturated rings. The minimum absolute atomic E-state index is 0.632. The van der Waals surface area contributed by atoms with Crippen molar-refractivity contribution in [2.24, 2.45) is 0 Å². The Bertz CT molecular complexity index is 368. The Balaban J connectivity index is 3.19. The molecule has 0 unspecified atom stereocenters. The molecule has 0 heterocycles. The van der Waals surface area contributed by atoms with E-state index in [4.69, 9.17) is 10.00 Å². The average Bonchev–Trinajstić information content (AvgIpc) is 2.20.